The van der Waals surface area contributed by atoms with Gasteiger partial charge in [-0.3, -0.25) is 9.89 Å². The van der Waals surface area contributed by atoms with Crippen LogP contribution in [0.3, 0.4) is 0 Å². The third-order valence-corrected chi connectivity index (χ3v) is 5.92. The van der Waals surface area contributed by atoms with Crippen LogP contribution in [0.4, 0.5) is 0 Å². The van der Waals surface area contributed by atoms with Crippen molar-refractivity contribution in [3.05, 3.63) is 47.0 Å². The van der Waals surface area contributed by atoms with Crippen LogP contribution in [0.1, 0.15) is 31.2 Å². The van der Waals surface area contributed by atoms with Gasteiger partial charge in [0.1, 0.15) is 0 Å². The lowest BCUT2D eigenvalue weighted by Gasteiger charge is -2.32. The maximum Gasteiger partial charge on any atom is 0.191 e. The van der Waals surface area contributed by atoms with Crippen LogP contribution in [-0.4, -0.2) is 50.1 Å². The number of guanidine groups is 1. The Bertz CT molecular complexity index is 622. The summed E-state index contributed by atoms with van der Waals surface area (Å²) < 4.78 is 1.16. The predicted molar refractivity (Wildman–Crippen MR) is 125 cm³/mol. The molecule has 0 bridgehead atoms. The molecule has 3 rings (SSSR count). The van der Waals surface area contributed by atoms with Crippen LogP contribution in [0, 0.1) is 0 Å². The molecule has 26 heavy (non-hydrogen) atoms. The van der Waals surface area contributed by atoms with Gasteiger partial charge in [0.25, 0.3) is 0 Å². The zero-order valence-electron chi connectivity index (χ0n) is 15.5. The Morgan fingerprint density at radius 3 is 2.69 bits per heavy atom. The lowest BCUT2D eigenvalue weighted by molar-refractivity contribution is 0.225. The number of rotatable bonds is 6. The van der Waals surface area contributed by atoms with E-state index in [2.05, 4.69) is 67.3 Å². The van der Waals surface area contributed by atoms with Crippen molar-refractivity contribution in [2.45, 2.75) is 37.1 Å². The third kappa shape index (κ3) is 5.70. The average Bonchev–Trinajstić information content (AvgIpc) is 3.41. The van der Waals surface area contributed by atoms with Crippen LogP contribution in [0.5, 0.6) is 0 Å². The molecular formula is C20H30BrIN4. The third-order valence-electron chi connectivity index (χ3n) is 5.42. The Kier molecular flexibility index (Phi) is 8.41. The van der Waals surface area contributed by atoms with Gasteiger partial charge < -0.3 is 10.6 Å². The fourth-order valence-electron chi connectivity index (χ4n) is 3.62. The fraction of sp³-hybridized carbons (Fsp3) is 0.550. The van der Waals surface area contributed by atoms with Gasteiger partial charge in [0.2, 0.25) is 0 Å². The van der Waals surface area contributed by atoms with Crippen molar-refractivity contribution in [1.82, 2.24) is 15.5 Å². The molecule has 0 radical (unpaired) electrons. The second kappa shape index (κ2) is 10.1. The van der Waals surface area contributed by atoms with Crippen molar-refractivity contribution < 1.29 is 0 Å². The molecule has 1 aliphatic carbocycles. The summed E-state index contributed by atoms with van der Waals surface area (Å²) in [6.07, 6.45) is 6.79. The number of nitrogens with zero attached hydrogens (tertiary/aromatic N) is 2. The number of likely N-dealkylation sites (tertiary alicyclic amines) is 1. The minimum Gasteiger partial charge on any atom is -0.356 e. The first-order valence-corrected chi connectivity index (χ1v) is 10.0. The quantitative estimate of drug-likeness (QED) is 0.252. The first-order valence-electron chi connectivity index (χ1n) is 9.22. The minimum atomic E-state index is 0. The molecule has 0 atom stereocenters. The molecule has 1 aromatic carbocycles. The van der Waals surface area contributed by atoms with Crippen LogP contribution in [-0.2, 0) is 5.41 Å². The van der Waals surface area contributed by atoms with E-state index in [9.17, 15) is 0 Å². The van der Waals surface area contributed by atoms with Crippen LogP contribution >= 0.6 is 39.9 Å². The van der Waals surface area contributed by atoms with Crippen molar-refractivity contribution in [3.63, 3.8) is 0 Å². The maximum absolute atomic E-state index is 4.43. The molecule has 2 fully saturated rings. The van der Waals surface area contributed by atoms with Gasteiger partial charge in [-0.05, 0) is 43.4 Å². The monoisotopic (exact) mass is 532 g/mol. The van der Waals surface area contributed by atoms with E-state index in [1.54, 1.807) is 0 Å². The highest BCUT2D eigenvalue weighted by atomic mass is 127. The summed E-state index contributed by atoms with van der Waals surface area (Å²) in [5, 5.41) is 7.18. The highest BCUT2D eigenvalue weighted by Gasteiger charge is 2.44. The standard InChI is InChI=1S/C20H29BrN4.HI/c1-3-11-25-12-7-18(8-13-25)24-19(22-2)23-15-20(9-10-20)16-5-4-6-17(21)14-16;/h3-6,14,18H,1,7-13,15H2,2H3,(H2,22,23,24);1H. The smallest absolute Gasteiger partial charge is 0.191 e. The molecule has 6 heteroatoms. The number of piperidine rings is 1. The molecule has 0 unspecified atom stereocenters. The molecule has 144 valence electrons. The minimum absolute atomic E-state index is 0. The molecule has 2 N–H and O–H groups in total. The van der Waals surface area contributed by atoms with Gasteiger partial charge in [-0.15, -0.1) is 30.6 Å². The van der Waals surface area contributed by atoms with E-state index in [-0.39, 0.29) is 29.4 Å². The zero-order chi connectivity index (χ0) is 17.7. The van der Waals surface area contributed by atoms with E-state index < -0.39 is 0 Å². The van der Waals surface area contributed by atoms with E-state index in [0.29, 0.717) is 6.04 Å². The van der Waals surface area contributed by atoms with Crippen molar-refractivity contribution >= 4 is 45.9 Å². The number of aliphatic imine (C=N–C) groups is 1. The van der Waals surface area contributed by atoms with Gasteiger partial charge in [-0.25, -0.2) is 0 Å². The van der Waals surface area contributed by atoms with Crippen molar-refractivity contribution in [1.29, 1.82) is 0 Å². The molecule has 1 saturated carbocycles. The molecule has 1 aliphatic heterocycles. The largest absolute Gasteiger partial charge is 0.356 e. The van der Waals surface area contributed by atoms with E-state index in [1.165, 1.54) is 18.4 Å². The summed E-state index contributed by atoms with van der Waals surface area (Å²) in [5.74, 6) is 0.934. The van der Waals surface area contributed by atoms with Gasteiger partial charge in [-0.2, -0.15) is 0 Å². The summed E-state index contributed by atoms with van der Waals surface area (Å²) >= 11 is 3.59. The normalized spacial score (nSPS) is 20.2. The summed E-state index contributed by atoms with van der Waals surface area (Å²) in [4.78, 5) is 6.89. The number of halogens is 2. The second-order valence-corrected chi connectivity index (χ2v) is 8.14. The topological polar surface area (TPSA) is 39.7 Å². The first kappa shape index (κ1) is 21.7. The second-order valence-electron chi connectivity index (χ2n) is 7.22. The van der Waals surface area contributed by atoms with Gasteiger partial charge in [-0.1, -0.05) is 34.1 Å². The SMILES string of the molecule is C=CCN1CCC(NC(=NC)NCC2(c3cccc(Br)c3)CC2)CC1.I. The Morgan fingerprint density at radius 2 is 2.12 bits per heavy atom. The van der Waals surface area contributed by atoms with Gasteiger partial charge in [0.05, 0.1) is 0 Å². The lowest BCUT2D eigenvalue weighted by atomic mass is 9.96. The van der Waals surface area contributed by atoms with Gasteiger partial charge >= 0.3 is 0 Å². The van der Waals surface area contributed by atoms with Gasteiger partial charge in [0.15, 0.2) is 5.96 Å². The Balaban J connectivity index is 0.00000243. The number of hydrogen-bond acceptors (Lipinski definition) is 2. The summed E-state index contributed by atoms with van der Waals surface area (Å²) in [6.45, 7) is 8.02. The summed E-state index contributed by atoms with van der Waals surface area (Å²) in [5.41, 5.74) is 1.69. The molecule has 2 aliphatic rings. The molecule has 0 aromatic heterocycles. The van der Waals surface area contributed by atoms with Crippen LogP contribution in [0.15, 0.2) is 46.4 Å². The van der Waals surface area contributed by atoms with Gasteiger partial charge in [0, 0.05) is 49.2 Å². The molecule has 1 heterocycles. The molecule has 1 saturated heterocycles. The first-order chi connectivity index (χ1) is 12.1. The Morgan fingerprint density at radius 1 is 1.38 bits per heavy atom. The number of hydrogen-bond donors (Lipinski definition) is 2. The Labute approximate surface area is 183 Å². The molecular weight excluding hydrogens is 503 g/mol. The zero-order valence-corrected chi connectivity index (χ0v) is 19.4. The van der Waals surface area contributed by atoms with E-state index in [1.807, 2.05) is 13.1 Å². The maximum atomic E-state index is 4.43. The van der Waals surface area contributed by atoms with E-state index >= 15 is 0 Å². The summed E-state index contributed by atoms with van der Waals surface area (Å²) in [6, 6.07) is 9.22. The molecule has 0 spiro atoms. The lowest BCUT2D eigenvalue weighted by Crippen LogP contribution is -2.49. The number of benzene rings is 1. The van der Waals surface area contributed by atoms with Crippen LogP contribution in [0.2, 0.25) is 0 Å². The van der Waals surface area contributed by atoms with Crippen molar-refractivity contribution in [3.8, 4) is 0 Å². The highest BCUT2D eigenvalue weighted by Crippen LogP contribution is 2.48. The van der Waals surface area contributed by atoms with E-state index in [0.717, 1.165) is 49.5 Å². The summed E-state index contributed by atoms with van der Waals surface area (Å²) in [7, 11) is 1.86. The molecule has 1 aromatic rings. The van der Waals surface area contributed by atoms with Crippen molar-refractivity contribution in [2.24, 2.45) is 4.99 Å². The fourth-order valence-corrected chi connectivity index (χ4v) is 4.02. The van der Waals surface area contributed by atoms with E-state index in [4.69, 9.17) is 0 Å². The molecule has 4 nitrogen and oxygen atoms in total. The molecule has 0 amide bonds. The highest BCUT2D eigenvalue weighted by molar-refractivity contribution is 14.0. The number of nitrogens with one attached hydrogen (secondary N) is 2. The average molecular weight is 533 g/mol. The van der Waals surface area contributed by atoms with Crippen LogP contribution < -0.4 is 10.6 Å². The predicted octanol–water partition coefficient (Wildman–Crippen LogP) is 3.91. The van der Waals surface area contributed by atoms with Crippen molar-refractivity contribution in [2.75, 3.05) is 33.2 Å². The van der Waals surface area contributed by atoms with Crippen LogP contribution in [0.25, 0.3) is 0 Å². The Hall–Kier alpha value is -0.600.